The monoisotopic (exact) mass is 199 g/mol. The normalized spacial score (nSPS) is 9.80. The number of nitrogens with zero attached hydrogens (tertiary/aromatic N) is 3. The highest BCUT2D eigenvalue weighted by atomic mass is 15.3. The third-order valence-electron chi connectivity index (χ3n) is 2.07. The Kier molecular flexibility index (Phi) is 2.03. The lowest BCUT2D eigenvalue weighted by Crippen LogP contribution is -2.02. The number of para-hydroxylation sites is 1. The molecule has 74 valence electrons. The van der Waals surface area contributed by atoms with Gasteiger partial charge in [0.2, 0.25) is 0 Å². The van der Waals surface area contributed by atoms with E-state index in [-0.39, 0.29) is 17.2 Å². The van der Waals surface area contributed by atoms with Gasteiger partial charge in [-0.2, -0.15) is 10.4 Å². The minimum absolute atomic E-state index is 0.149. The summed E-state index contributed by atoms with van der Waals surface area (Å²) in [6.07, 6.45) is 0. The molecule has 0 unspecified atom stereocenters. The summed E-state index contributed by atoms with van der Waals surface area (Å²) in [4.78, 5) is 0. The first-order valence-corrected chi connectivity index (χ1v) is 4.33. The molecule has 0 amide bonds. The molecule has 0 atom stereocenters. The van der Waals surface area contributed by atoms with Crippen molar-refractivity contribution in [3.8, 4) is 11.8 Å². The Hall–Kier alpha value is -2.48. The molecule has 5 heteroatoms. The molecule has 0 spiro atoms. The van der Waals surface area contributed by atoms with E-state index in [0.29, 0.717) is 0 Å². The summed E-state index contributed by atoms with van der Waals surface area (Å²) in [5.41, 5.74) is 12.5. The lowest BCUT2D eigenvalue weighted by molar-refractivity contribution is 0.883. The molecule has 0 fully saturated rings. The Morgan fingerprint density at radius 3 is 2.40 bits per heavy atom. The number of benzene rings is 1. The highest BCUT2D eigenvalue weighted by Crippen LogP contribution is 2.22. The topological polar surface area (TPSA) is 93.6 Å². The zero-order valence-electron chi connectivity index (χ0n) is 7.88. The van der Waals surface area contributed by atoms with Gasteiger partial charge >= 0.3 is 0 Å². The summed E-state index contributed by atoms with van der Waals surface area (Å²) in [6.45, 7) is 0. The molecule has 0 bridgehead atoms. The minimum atomic E-state index is 0.149. The van der Waals surface area contributed by atoms with Crippen LogP contribution in [0.2, 0.25) is 0 Å². The third kappa shape index (κ3) is 1.38. The van der Waals surface area contributed by atoms with Crippen LogP contribution in [0.4, 0.5) is 11.5 Å². The molecule has 1 heterocycles. The second-order valence-electron chi connectivity index (χ2n) is 3.01. The van der Waals surface area contributed by atoms with E-state index >= 15 is 0 Å². The second-order valence-corrected chi connectivity index (χ2v) is 3.01. The van der Waals surface area contributed by atoms with Crippen molar-refractivity contribution < 1.29 is 0 Å². The Morgan fingerprint density at radius 2 is 1.87 bits per heavy atom. The molecule has 0 radical (unpaired) electrons. The SMILES string of the molecule is N#Cc1nn(-c2ccccc2)c(N)c1N. The van der Waals surface area contributed by atoms with E-state index in [1.807, 2.05) is 36.4 Å². The summed E-state index contributed by atoms with van der Waals surface area (Å²) in [5, 5.41) is 12.7. The molecule has 0 saturated heterocycles. The van der Waals surface area contributed by atoms with Crippen LogP contribution in [0, 0.1) is 11.3 Å². The van der Waals surface area contributed by atoms with Crippen LogP contribution in [0.15, 0.2) is 30.3 Å². The number of hydrogen-bond acceptors (Lipinski definition) is 4. The van der Waals surface area contributed by atoms with E-state index in [9.17, 15) is 0 Å². The second kappa shape index (κ2) is 3.35. The lowest BCUT2D eigenvalue weighted by Gasteiger charge is -2.02. The van der Waals surface area contributed by atoms with E-state index in [1.54, 1.807) is 0 Å². The fourth-order valence-electron chi connectivity index (χ4n) is 1.29. The smallest absolute Gasteiger partial charge is 0.188 e. The van der Waals surface area contributed by atoms with Crippen LogP contribution in [-0.4, -0.2) is 9.78 Å². The quantitative estimate of drug-likeness (QED) is 0.713. The van der Waals surface area contributed by atoms with Gasteiger partial charge in [0.1, 0.15) is 11.8 Å². The fraction of sp³-hybridized carbons (Fsp3) is 0. The molecule has 4 N–H and O–H groups in total. The van der Waals surface area contributed by atoms with Gasteiger partial charge in [-0.25, -0.2) is 4.68 Å². The van der Waals surface area contributed by atoms with Crippen LogP contribution < -0.4 is 11.5 Å². The Labute approximate surface area is 86.5 Å². The molecule has 2 rings (SSSR count). The Balaban J connectivity index is 2.61. The van der Waals surface area contributed by atoms with E-state index in [4.69, 9.17) is 16.7 Å². The minimum Gasteiger partial charge on any atom is -0.393 e. The number of rotatable bonds is 1. The number of nitriles is 1. The van der Waals surface area contributed by atoms with E-state index in [2.05, 4.69) is 5.10 Å². The largest absolute Gasteiger partial charge is 0.393 e. The summed E-state index contributed by atoms with van der Waals surface area (Å²) < 4.78 is 1.45. The van der Waals surface area contributed by atoms with Gasteiger partial charge in [0.25, 0.3) is 0 Å². The van der Waals surface area contributed by atoms with E-state index in [0.717, 1.165) is 5.69 Å². The summed E-state index contributed by atoms with van der Waals surface area (Å²) in [6, 6.07) is 11.2. The summed E-state index contributed by atoms with van der Waals surface area (Å²) in [7, 11) is 0. The Morgan fingerprint density at radius 1 is 1.20 bits per heavy atom. The molecule has 15 heavy (non-hydrogen) atoms. The van der Waals surface area contributed by atoms with Crippen LogP contribution in [0.25, 0.3) is 5.69 Å². The summed E-state index contributed by atoms with van der Waals surface area (Å²) in [5.74, 6) is 0.290. The Bertz CT molecular complexity index is 521. The van der Waals surface area contributed by atoms with Crippen molar-refractivity contribution >= 4 is 11.5 Å². The highest BCUT2D eigenvalue weighted by Gasteiger charge is 2.12. The van der Waals surface area contributed by atoms with Crippen molar-refractivity contribution in [2.45, 2.75) is 0 Å². The highest BCUT2D eigenvalue weighted by molar-refractivity contribution is 5.67. The van der Waals surface area contributed by atoms with Crippen molar-refractivity contribution in [1.29, 1.82) is 5.26 Å². The van der Waals surface area contributed by atoms with Gasteiger partial charge in [0.05, 0.1) is 5.69 Å². The molecule has 1 aromatic carbocycles. The number of nitrogen functional groups attached to an aromatic ring is 2. The molecule has 0 saturated carbocycles. The third-order valence-corrected chi connectivity index (χ3v) is 2.07. The van der Waals surface area contributed by atoms with Gasteiger partial charge in [0.15, 0.2) is 11.5 Å². The summed E-state index contributed by atoms with van der Waals surface area (Å²) >= 11 is 0. The maximum absolute atomic E-state index is 8.74. The van der Waals surface area contributed by atoms with E-state index < -0.39 is 0 Å². The molecule has 0 aliphatic heterocycles. The molecule has 0 aliphatic carbocycles. The average Bonchev–Trinajstić information content (AvgIpc) is 2.57. The number of anilines is 2. The maximum atomic E-state index is 8.74. The number of hydrogen-bond donors (Lipinski definition) is 2. The molecule has 1 aromatic heterocycles. The average molecular weight is 199 g/mol. The first-order chi connectivity index (χ1) is 7.24. The number of aromatic nitrogens is 2. The standard InChI is InChI=1S/C10H9N5/c11-6-8-9(12)10(13)15(14-8)7-4-2-1-3-5-7/h1-5H,12-13H2. The zero-order valence-corrected chi connectivity index (χ0v) is 7.88. The fourth-order valence-corrected chi connectivity index (χ4v) is 1.29. The molecule has 5 nitrogen and oxygen atoms in total. The van der Waals surface area contributed by atoms with Crippen molar-refractivity contribution in [3.05, 3.63) is 36.0 Å². The van der Waals surface area contributed by atoms with E-state index in [1.165, 1.54) is 4.68 Å². The van der Waals surface area contributed by atoms with Crippen LogP contribution >= 0.6 is 0 Å². The van der Waals surface area contributed by atoms with Gasteiger partial charge in [-0.1, -0.05) is 18.2 Å². The van der Waals surface area contributed by atoms with Crippen LogP contribution in [-0.2, 0) is 0 Å². The van der Waals surface area contributed by atoms with Gasteiger partial charge in [-0.3, -0.25) is 0 Å². The van der Waals surface area contributed by atoms with Crippen molar-refractivity contribution in [3.63, 3.8) is 0 Å². The predicted molar refractivity (Wildman–Crippen MR) is 57.1 cm³/mol. The molecular formula is C10H9N5. The van der Waals surface area contributed by atoms with Gasteiger partial charge in [-0.15, -0.1) is 0 Å². The van der Waals surface area contributed by atoms with Crippen molar-refractivity contribution in [2.24, 2.45) is 0 Å². The maximum Gasteiger partial charge on any atom is 0.188 e. The van der Waals surface area contributed by atoms with Gasteiger partial charge in [-0.05, 0) is 12.1 Å². The van der Waals surface area contributed by atoms with Gasteiger partial charge < -0.3 is 11.5 Å². The lowest BCUT2D eigenvalue weighted by atomic mass is 10.3. The van der Waals surface area contributed by atoms with Crippen molar-refractivity contribution in [1.82, 2.24) is 9.78 Å². The van der Waals surface area contributed by atoms with Crippen LogP contribution in [0.1, 0.15) is 5.69 Å². The molecule has 0 aliphatic rings. The van der Waals surface area contributed by atoms with Crippen LogP contribution in [0.5, 0.6) is 0 Å². The first-order valence-electron chi connectivity index (χ1n) is 4.33. The van der Waals surface area contributed by atoms with Crippen LogP contribution in [0.3, 0.4) is 0 Å². The first kappa shape index (κ1) is 9.09. The van der Waals surface area contributed by atoms with Crippen molar-refractivity contribution in [2.75, 3.05) is 11.5 Å². The predicted octanol–water partition coefficient (Wildman–Crippen LogP) is 0.908. The van der Waals surface area contributed by atoms with Gasteiger partial charge in [0, 0.05) is 0 Å². The zero-order chi connectivity index (χ0) is 10.8. The number of nitrogens with two attached hydrogens (primary N) is 2. The molecule has 2 aromatic rings. The molecular weight excluding hydrogens is 190 g/mol.